The highest BCUT2D eigenvalue weighted by Crippen LogP contribution is 2.25. The summed E-state index contributed by atoms with van der Waals surface area (Å²) in [4.78, 5) is 12.1. The maximum atomic E-state index is 12.1. The number of phenols is 1. The second kappa shape index (κ2) is 8.58. The molecule has 0 aliphatic heterocycles. The van der Waals surface area contributed by atoms with Crippen molar-refractivity contribution in [3.8, 4) is 17.2 Å². The summed E-state index contributed by atoms with van der Waals surface area (Å²) in [5.74, 6) is 0.847. The number of rotatable bonds is 7. The third-order valence-corrected chi connectivity index (χ3v) is 3.46. The first kappa shape index (κ1) is 18.1. The zero-order valence-corrected chi connectivity index (χ0v) is 14.3. The Labute approximate surface area is 146 Å². The maximum Gasteiger partial charge on any atom is 0.262 e. The van der Waals surface area contributed by atoms with Crippen molar-refractivity contribution in [3.05, 3.63) is 48.0 Å². The molecule has 0 heterocycles. The summed E-state index contributed by atoms with van der Waals surface area (Å²) in [5.41, 5.74) is 3.95. The molecule has 2 aromatic carbocycles. The van der Waals surface area contributed by atoms with Gasteiger partial charge in [-0.05, 0) is 55.0 Å². The van der Waals surface area contributed by atoms with Crippen LogP contribution in [0.15, 0.2) is 47.6 Å². The molecule has 25 heavy (non-hydrogen) atoms. The zero-order chi connectivity index (χ0) is 18.2. The van der Waals surface area contributed by atoms with Crippen LogP contribution in [-0.4, -0.2) is 37.5 Å². The molecule has 0 radical (unpaired) electrons. The van der Waals surface area contributed by atoms with Gasteiger partial charge < -0.3 is 19.9 Å². The van der Waals surface area contributed by atoms with Gasteiger partial charge in [-0.2, -0.15) is 5.10 Å². The summed E-state index contributed by atoms with van der Waals surface area (Å²) in [6.45, 7) is 1.73. The van der Waals surface area contributed by atoms with Gasteiger partial charge in [0, 0.05) is 5.69 Å². The molecule has 0 saturated carbocycles. The first-order valence-electron chi connectivity index (χ1n) is 7.64. The van der Waals surface area contributed by atoms with Gasteiger partial charge in [-0.3, -0.25) is 4.79 Å². The molecule has 7 heteroatoms. The molecule has 3 N–H and O–H groups in total. The number of ether oxygens (including phenoxy) is 2. The van der Waals surface area contributed by atoms with E-state index in [4.69, 9.17) is 9.47 Å². The molecule has 7 nitrogen and oxygen atoms in total. The molecule has 2 rings (SSSR count). The van der Waals surface area contributed by atoms with E-state index >= 15 is 0 Å². The van der Waals surface area contributed by atoms with Crippen LogP contribution in [0.5, 0.6) is 17.2 Å². The van der Waals surface area contributed by atoms with E-state index in [2.05, 4.69) is 15.8 Å². The molecule has 0 spiro atoms. The smallest absolute Gasteiger partial charge is 0.262 e. The van der Waals surface area contributed by atoms with Crippen LogP contribution in [0, 0.1) is 0 Å². The Kier molecular flexibility index (Phi) is 6.22. The lowest BCUT2D eigenvalue weighted by atomic mass is 10.2. The molecule has 132 valence electrons. The molecule has 1 unspecified atom stereocenters. The molecular weight excluding hydrogens is 322 g/mol. The Bertz CT molecular complexity index is 744. The fourth-order valence-corrected chi connectivity index (χ4v) is 2.04. The van der Waals surface area contributed by atoms with E-state index in [1.54, 1.807) is 26.2 Å². The number of carbonyl (C=O) groups is 1. The standard InChI is InChI=1S/C18H21N3O4/c1-12(20-14-5-7-15(24-2)8-6-14)18(23)21-19-11-13-4-9-16(22)17(10-13)25-3/h4-12,20,22H,1-3H3,(H,21,23). The molecule has 1 atom stereocenters. The van der Waals surface area contributed by atoms with E-state index < -0.39 is 6.04 Å². The van der Waals surface area contributed by atoms with Crippen molar-refractivity contribution >= 4 is 17.8 Å². The first-order valence-corrected chi connectivity index (χ1v) is 7.64. The van der Waals surface area contributed by atoms with Gasteiger partial charge in [-0.25, -0.2) is 5.43 Å². The molecule has 0 fully saturated rings. The second-order valence-corrected chi connectivity index (χ2v) is 5.26. The normalized spacial score (nSPS) is 11.8. The van der Waals surface area contributed by atoms with Gasteiger partial charge in [0.05, 0.1) is 20.4 Å². The summed E-state index contributed by atoms with van der Waals surface area (Å²) in [6, 6.07) is 11.6. The van der Waals surface area contributed by atoms with Crippen LogP contribution in [0.1, 0.15) is 12.5 Å². The third kappa shape index (κ3) is 5.13. The van der Waals surface area contributed by atoms with E-state index in [0.717, 1.165) is 11.4 Å². The minimum Gasteiger partial charge on any atom is -0.504 e. The number of phenolic OH excluding ortho intramolecular Hbond substituents is 1. The minimum absolute atomic E-state index is 0.0426. The Morgan fingerprint density at radius 3 is 2.52 bits per heavy atom. The van der Waals surface area contributed by atoms with Gasteiger partial charge in [0.1, 0.15) is 11.8 Å². The van der Waals surface area contributed by atoms with Crippen LogP contribution in [0.2, 0.25) is 0 Å². The van der Waals surface area contributed by atoms with Crippen molar-refractivity contribution in [1.82, 2.24) is 5.43 Å². The number of hydrogen-bond donors (Lipinski definition) is 3. The van der Waals surface area contributed by atoms with E-state index in [1.165, 1.54) is 19.4 Å². The highest BCUT2D eigenvalue weighted by Gasteiger charge is 2.11. The predicted octanol–water partition coefficient (Wildman–Crippen LogP) is 2.36. The van der Waals surface area contributed by atoms with Gasteiger partial charge in [-0.15, -0.1) is 0 Å². The van der Waals surface area contributed by atoms with Gasteiger partial charge in [0.2, 0.25) is 0 Å². The summed E-state index contributed by atoms with van der Waals surface area (Å²) in [7, 11) is 3.06. The van der Waals surface area contributed by atoms with E-state index in [9.17, 15) is 9.90 Å². The Balaban J connectivity index is 1.90. The van der Waals surface area contributed by atoms with Crippen molar-refractivity contribution in [1.29, 1.82) is 0 Å². The first-order chi connectivity index (χ1) is 12.0. The Morgan fingerprint density at radius 2 is 1.88 bits per heavy atom. The van der Waals surface area contributed by atoms with Gasteiger partial charge in [-0.1, -0.05) is 0 Å². The number of carbonyl (C=O) groups excluding carboxylic acids is 1. The van der Waals surface area contributed by atoms with Crippen molar-refractivity contribution in [2.24, 2.45) is 5.10 Å². The Hall–Kier alpha value is -3.22. The van der Waals surface area contributed by atoms with Gasteiger partial charge in [0.15, 0.2) is 11.5 Å². The average Bonchev–Trinajstić information content (AvgIpc) is 2.63. The molecule has 2 aromatic rings. The SMILES string of the molecule is COc1ccc(NC(C)C(=O)NN=Cc2ccc(O)c(OC)c2)cc1. The number of amides is 1. The number of anilines is 1. The van der Waals surface area contributed by atoms with Crippen molar-refractivity contribution < 1.29 is 19.4 Å². The molecule has 1 amide bonds. The number of nitrogens with one attached hydrogen (secondary N) is 2. The number of hydrazone groups is 1. The summed E-state index contributed by atoms with van der Waals surface area (Å²) < 4.78 is 10.1. The monoisotopic (exact) mass is 343 g/mol. The average molecular weight is 343 g/mol. The summed E-state index contributed by atoms with van der Waals surface area (Å²) in [5, 5.41) is 16.5. The number of aromatic hydroxyl groups is 1. The molecule has 0 saturated heterocycles. The number of benzene rings is 2. The van der Waals surface area contributed by atoms with Crippen LogP contribution in [0.3, 0.4) is 0 Å². The lowest BCUT2D eigenvalue weighted by Gasteiger charge is -2.13. The van der Waals surface area contributed by atoms with E-state index in [1.807, 2.05) is 24.3 Å². The lowest BCUT2D eigenvalue weighted by molar-refractivity contribution is -0.121. The molecule has 0 aliphatic carbocycles. The zero-order valence-electron chi connectivity index (χ0n) is 14.3. The quantitative estimate of drug-likeness (QED) is 0.530. The van der Waals surface area contributed by atoms with Crippen LogP contribution >= 0.6 is 0 Å². The van der Waals surface area contributed by atoms with Crippen LogP contribution in [0.25, 0.3) is 0 Å². The van der Waals surface area contributed by atoms with Crippen LogP contribution in [-0.2, 0) is 4.79 Å². The lowest BCUT2D eigenvalue weighted by Crippen LogP contribution is -2.34. The Morgan fingerprint density at radius 1 is 1.16 bits per heavy atom. The fourth-order valence-electron chi connectivity index (χ4n) is 2.04. The highest BCUT2D eigenvalue weighted by molar-refractivity contribution is 5.86. The summed E-state index contributed by atoms with van der Waals surface area (Å²) >= 11 is 0. The van der Waals surface area contributed by atoms with Crippen molar-refractivity contribution in [2.45, 2.75) is 13.0 Å². The highest BCUT2D eigenvalue weighted by atomic mass is 16.5. The van der Waals surface area contributed by atoms with Crippen molar-refractivity contribution in [2.75, 3.05) is 19.5 Å². The van der Waals surface area contributed by atoms with Crippen LogP contribution < -0.4 is 20.2 Å². The van der Waals surface area contributed by atoms with Gasteiger partial charge in [0.25, 0.3) is 5.91 Å². The number of nitrogens with zero attached hydrogens (tertiary/aromatic N) is 1. The largest absolute Gasteiger partial charge is 0.504 e. The number of methoxy groups -OCH3 is 2. The van der Waals surface area contributed by atoms with Gasteiger partial charge >= 0.3 is 0 Å². The predicted molar refractivity (Wildman–Crippen MR) is 96.5 cm³/mol. The fraction of sp³-hybridized carbons (Fsp3) is 0.222. The van der Waals surface area contributed by atoms with Crippen LogP contribution in [0.4, 0.5) is 5.69 Å². The number of hydrogen-bond acceptors (Lipinski definition) is 6. The topological polar surface area (TPSA) is 92.2 Å². The molecule has 0 aliphatic rings. The second-order valence-electron chi connectivity index (χ2n) is 5.26. The maximum absolute atomic E-state index is 12.1. The molecule has 0 aromatic heterocycles. The van der Waals surface area contributed by atoms with E-state index in [-0.39, 0.29) is 11.7 Å². The van der Waals surface area contributed by atoms with E-state index in [0.29, 0.717) is 11.3 Å². The van der Waals surface area contributed by atoms with Crippen molar-refractivity contribution in [3.63, 3.8) is 0 Å². The summed E-state index contributed by atoms with van der Waals surface area (Å²) in [6.07, 6.45) is 1.47. The molecule has 0 bridgehead atoms. The minimum atomic E-state index is -0.472. The molecular formula is C18H21N3O4. The third-order valence-electron chi connectivity index (χ3n) is 3.46.